The third-order valence-electron chi connectivity index (χ3n) is 3.75. The predicted molar refractivity (Wildman–Crippen MR) is 77.6 cm³/mol. The van der Waals surface area contributed by atoms with E-state index < -0.39 is 32.7 Å². The molecule has 0 spiro atoms. The second-order valence-corrected chi connectivity index (χ2v) is 7.67. The van der Waals surface area contributed by atoms with E-state index in [1.807, 2.05) is 13.8 Å². The van der Waals surface area contributed by atoms with Crippen LogP contribution in [0.2, 0.25) is 6.04 Å². The van der Waals surface area contributed by atoms with Crippen molar-refractivity contribution >= 4 is 9.52 Å². The van der Waals surface area contributed by atoms with Crippen LogP contribution in [0.25, 0.3) is 0 Å². The zero-order valence-electron chi connectivity index (χ0n) is 12.3. The Balaban J connectivity index is 2.73. The molecule has 0 fully saturated rings. The fraction of sp³-hybridized carbons (Fsp3) is 0.600. The molecule has 21 heavy (non-hydrogen) atoms. The topological polar surface area (TPSA) is 0 Å². The van der Waals surface area contributed by atoms with Crippen LogP contribution in [0.15, 0.2) is 30.3 Å². The number of rotatable bonds is 8. The lowest BCUT2D eigenvalue weighted by atomic mass is 10.0. The van der Waals surface area contributed by atoms with Crippen molar-refractivity contribution in [3.63, 3.8) is 0 Å². The van der Waals surface area contributed by atoms with E-state index in [1.165, 1.54) is 18.2 Å². The van der Waals surface area contributed by atoms with Crippen LogP contribution in [0.1, 0.15) is 32.3 Å². The highest BCUT2D eigenvalue weighted by Gasteiger charge is 2.55. The van der Waals surface area contributed by atoms with Gasteiger partial charge < -0.3 is 0 Å². The summed E-state index contributed by atoms with van der Waals surface area (Å²) in [6.45, 7) is 3.85. The molecule has 0 nitrogen and oxygen atoms in total. The number of hydrogen-bond donors (Lipinski definition) is 0. The zero-order chi connectivity index (χ0) is 16.1. The van der Waals surface area contributed by atoms with Gasteiger partial charge in [-0.05, 0) is 5.92 Å². The van der Waals surface area contributed by atoms with E-state index in [4.69, 9.17) is 0 Å². The maximum absolute atomic E-state index is 13.9. The summed E-state index contributed by atoms with van der Waals surface area (Å²) >= 11 is 0. The minimum atomic E-state index is -4.16. The van der Waals surface area contributed by atoms with Crippen molar-refractivity contribution in [2.75, 3.05) is 0 Å². The number of benzene rings is 1. The van der Waals surface area contributed by atoms with Gasteiger partial charge in [0, 0.05) is 5.56 Å². The molecule has 0 bridgehead atoms. The fourth-order valence-electron chi connectivity index (χ4n) is 2.09. The summed E-state index contributed by atoms with van der Waals surface area (Å²) in [7, 11) is -2.23. The summed E-state index contributed by atoms with van der Waals surface area (Å²) in [6.07, 6.45) is -2.06. The van der Waals surface area contributed by atoms with Crippen LogP contribution in [-0.4, -0.2) is 21.2 Å². The van der Waals surface area contributed by atoms with Gasteiger partial charge >= 0.3 is 5.92 Å². The highest BCUT2D eigenvalue weighted by atomic mass is 28.2. The van der Waals surface area contributed by atoms with Crippen LogP contribution in [0.5, 0.6) is 0 Å². The Morgan fingerprint density at radius 3 is 2.19 bits per heavy atom. The van der Waals surface area contributed by atoms with Crippen molar-refractivity contribution in [2.45, 2.75) is 50.4 Å². The van der Waals surface area contributed by atoms with E-state index in [0.29, 0.717) is 6.42 Å². The Kier molecular flexibility index (Phi) is 6.37. The second-order valence-electron chi connectivity index (χ2n) is 5.52. The van der Waals surface area contributed by atoms with Crippen molar-refractivity contribution in [2.24, 2.45) is 5.92 Å². The smallest absolute Gasteiger partial charge is 0.234 e. The van der Waals surface area contributed by atoms with Crippen LogP contribution in [-0.2, 0) is 5.92 Å². The Morgan fingerprint density at radius 2 is 1.67 bits per heavy atom. The summed E-state index contributed by atoms with van der Waals surface area (Å²) in [6, 6.07) is 6.18. The van der Waals surface area contributed by atoms with Crippen molar-refractivity contribution in [3.05, 3.63) is 35.9 Å². The van der Waals surface area contributed by atoms with Gasteiger partial charge in [-0.25, -0.2) is 13.2 Å². The van der Waals surface area contributed by atoms with E-state index in [9.17, 15) is 22.0 Å². The first-order valence-corrected chi connectivity index (χ1v) is 8.87. The summed E-state index contributed by atoms with van der Waals surface area (Å²) in [5.41, 5.74) is -4.60. The molecule has 0 saturated carbocycles. The van der Waals surface area contributed by atoms with Gasteiger partial charge in [-0.1, -0.05) is 63.1 Å². The maximum atomic E-state index is 13.9. The molecule has 0 heterocycles. The van der Waals surface area contributed by atoms with Crippen LogP contribution in [0.4, 0.5) is 22.0 Å². The first-order chi connectivity index (χ1) is 9.71. The molecule has 0 aromatic heterocycles. The highest BCUT2D eigenvalue weighted by Crippen LogP contribution is 2.41. The standard InChI is InChI=1S/C15H21F5Si/c1-3-11(2)9-10-21-15(19,20)13(16)14(17,18)12-7-5-4-6-8-12/h4-8,11,13H,3,9-10,21H2,1-2H3/t11?,13-/m0/s1. The molecule has 0 amide bonds. The highest BCUT2D eigenvalue weighted by molar-refractivity contribution is 6.39. The fourth-order valence-corrected chi connectivity index (χ4v) is 3.97. The molecule has 0 aliphatic rings. The minimum absolute atomic E-state index is 0.174. The van der Waals surface area contributed by atoms with Gasteiger partial charge in [0.2, 0.25) is 6.17 Å². The average molecular weight is 324 g/mol. The number of alkyl halides is 5. The van der Waals surface area contributed by atoms with E-state index in [0.717, 1.165) is 18.6 Å². The van der Waals surface area contributed by atoms with Gasteiger partial charge in [-0.3, -0.25) is 0 Å². The first-order valence-electron chi connectivity index (χ1n) is 7.17. The first kappa shape index (κ1) is 18.1. The Hall–Kier alpha value is -0.913. The third kappa shape index (κ3) is 4.80. The third-order valence-corrected chi connectivity index (χ3v) is 5.54. The van der Waals surface area contributed by atoms with E-state index in [1.54, 1.807) is 0 Å². The van der Waals surface area contributed by atoms with Crippen LogP contribution >= 0.6 is 0 Å². The summed E-state index contributed by atoms with van der Waals surface area (Å²) < 4.78 is 69.0. The molecule has 1 aromatic carbocycles. The van der Waals surface area contributed by atoms with Gasteiger partial charge in [0.15, 0.2) is 0 Å². The van der Waals surface area contributed by atoms with Crippen LogP contribution in [0.3, 0.4) is 0 Å². The van der Waals surface area contributed by atoms with Crippen LogP contribution < -0.4 is 0 Å². The van der Waals surface area contributed by atoms with Gasteiger partial charge in [0.05, 0.1) is 0 Å². The largest absolute Gasteiger partial charge is 0.309 e. The summed E-state index contributed by atoms with van der Waals surface area (Å²) in [5, 5.41) is 0. The molecule has 6 heteroatoms. The average Bonchev–Trinajstić information content (AvgIpc) is 2.46. The van der Waals surface area contributed by atoms with E-state index >= 15 is 0 Å². The quantitative estimate of drug-likeness (QED) is 0.479. The monoisotopic (exact) mass is 324 g/mol. The molecule has 1 aromatic rings. The molecule has 0 aliphatic carbocycles. The molecule has 0 N–H and O–H groups in total. The van der Waals surface area contributed by atoms with Crippen LogP contribution in [0, 0.1) is 5.92 Å². The summed E-state index contributed by atoms with van der Waals surface area (Å²) in [5.74, 6) is -3.89. The molecule has 1 unspecified atom stereocenters. The number of hydrogen-bond acceptors (Lipinski definition) is 0. The lowest BCUT2D eigenvalue weighted by Crippen LogP contribution is -2.46. The summed E-state index contributed by atoms with van der Waals surface area (Å²) in [4.78, 5) is 0. The molecule has 0 aliphatic heterocycles. The Morgan fingerprint density at radius 1 is 1.10 bits per heavy atom. The van der Waals surface area contributed by atoms with E-state index in [-0.39, 0.29) is 12.0 Å². The van der Waals surface area contributed by atoms with Crippen molar-refractivity contribution in [3.8, 4) is 0 Å². The predicted octanol–water partition coefficient (Wildman–Crippen LogP) is 4.73. The molecule has 0 saturated heterocycles. The molecule has 120 valence electrons. The van der Waals surface area contributed by atoms with E-state index in [2.05, 4.69) is 0 Å². The number of halogens is 5. The molecular formula is C15H21F5Si. The molecular weight excluding hydrogens is 303 g/mol. The van der Waals surface area contributed by atoms with Gasteiger partial charge in [-0.15, -0.1) is 0 Å². The zero-order valence-corrected chi connectivity index (χ0v) is 13.7. The van der Waals surface area contributed by atoms with Crippen molar-refractivity contribution in [1.29, 1.82) is 0 Å². The Labute approximate surface area is 124 Å². The van der Waals surface area contributed by atoms with Crippen molar-refractivity contribution < 1.29 is 22.0 Å². The Bertz CT molecular complexity index is 421. The SMILES string of the molecule is CCC(C)CC[SiH2]C(F)(F)[C@@H](F)C(F)(F)c1ccccc1. The molecule has 1 rings (SSSR count). The van der Waals surface area contributed by atoms with Crippen molar-refractivity contribution in [1.82, 2.24) is 0 Å². The second kappa shape index (κ2) is 7.38. The maximum Gasteiger partial charge on any atom is 0.309 e. The minimum Gasteiger partial charge on any atom is -0.234 e. The van der Waals surface area contributed by atoms with Gasteiger partial charge in [0.1, 0.15) is 9.52 Å². The lowest BCUT2D eigenvalue weighted by molar-refractivity contribution is -0.152. The van der Waals surface area contributed by atoms with Gasteiger partial charge in [0.25, 0.3) is 5.55 Å². The van der Waals surface area contributed by atoms with Gasteiger partial charge in [-0.2, -0.15) is 8.78 Å². The molecule has 0 radical (unpaired) electrons. The molecule has 2 atom stereocenters. The normalized spacial score (nSPS) is 16.3. The lowest BCUT2D eigenvalue weighted by Gasteiger charge is -2.28.